The maximum atomic E-state index is 16.6. The number of rotatable bonds is 4. The van der Waals surface area contributed by atoms with E-state index in [9.17, 15) is 17.6 Å². The molecule has 0 amide bonds. The molecule has 8 nitrogen and oxygen atoms in total. The van der Waals surface area contributed by atoms with Gasteiger partial charge >= 0.3 is 12.2 Å². The van der Waals surface area contributed by atoms with E-state index in [1.165, 1.54) is 0 Å². The van der Waals surface area contributed by atoms with Crippen LogP contribution in [0.1, 0.15) is 56.9 Å². The Hall–Kier alpha value is -3.19. The SMILES string of the molecule is CN1c2nc(OC[C@@]34CCCN3C[C@H](F)C4)nc3c(F)c(-c4cc(N)cc(Cl)c4C(F)(F)F)nc(c23)OCC12CCCCC2. The van der Waals surface area contributed by atoms with Crippen LogP contribution in [0.25, 0.3) is 22.2 Å². The summed E-state index contributed by atoms with van der Waals surface area (Å²) >= 11 is 6.01. The lowest BCUT2D eigenvalue weighted by molar-refractivity contribution is -0.137. The van der Waals surface area contributed by atoms with E-state index in [1.807, 2.05) is 11.9 Å². The number of aromatic nitrogens is 3. The Kier molecular flexibility index (Phi) is 7.00. The van der Waals surface area contributed by atoms with Crippen molar-refractivity contribution in [3.8, 4) is 23.1 Å². The van der Waals surface area contributed by atoms with Gasteiger partial charge in [-0.3, -0.25) is 4.90 Å². The number of fused-ring (bicyclic) bond motifs is 1. The second-order valence-electron chi connectivity index (χ2n) is 12.6. The molecule has 2 N–H and O–H groups in total. The van der Waals surface area contributed by atoms with Crippen molar-refractivity contribution in [3.05, 3.63) is 28.5 Å². The van der Waals surface area contributed by atoms with E-state index in [0.29, 0.717) is 18.8 Å². The number of halogens is 6. The number of pyridine rings is 1. The molecule has 2 atom stereocenters. The van der Waals surface area contributed by atoms with Gasteiger partial charge in [0.05, 0.1) is 21.7 Å². The second-order valence-corrected chi connectivity index (χ2v) is 13.0. The third kappa shape index (κ3) is 4.69. The fraction of sp³-hybridized carbons (Fsp3) is 0.567. The first kappa shape index (κ1) is 29.5. The molecule has 1 saturated carbocycles. The molecule has 0 radical (unpaired) electrons. The molecule has 7 rings (SSSR count). The molecule has 3 aromatic rings. The maximum Gasteiger partial charge on any atom is 0.418 e. The number of ether oxygens (including phenoxy) is 2. The van der Waals surface area contributed by atoms with Crippen molar-refractivity contribution >= 4 is 34.0 Å². The van der Waals surface area contributed by atoms with Crippen molar-refractivity contribution < 1.29 is 31.4 Å². The summed E-state index contributed by atoms with van der Waals surface area (Å²) in [6.45, 7) is 1.35. The van der Waals surface area contributed by atoms with Crippen molar-refractivity contribution in [1.82, 2.24) is 19.9 Å². The van der Waals surface area contributed by atoms with Gasteiger partial charge in [0.15, 0.2) is 5.82 Å². The lowest BCUT2D eigenvalue weighted by Gasteiger charge is -2.43. The Balaban J connectivity index is 1.41. The van der Waals surface area contributed by atoms with Crippen LogP contribution in [0.5, 0.6) is 11.9 Å². The van der Waals surface area contributed by atoms with Crippen molar-refractivity contribution in [1.29, 1.82) is 0 Å². The second kappa shape index (κ2) is 10.4. The van der Waals surface area contributed by atoms with E-state index in [0.717, 1.165) is 63.6 Å². The molecule has 236 valence electrons. The maximum absolute atomic E-state index is 16.6. The summed E-state index contributed by atoms with van der Waals surface area (Å²) in [6, 6.07) is 1.80. The van der Waals surface area contributed by atoms with Gasteiger partial charge in [-0.1, -0.05) is 30.9 Å². The molecule has 0 bridgehead atoms. The van der Waals surface area contributed by atoms with Crippen LogP contribution >= 0.6 is 11.6 Å². The Bertz CT molecular complexity index is 1630. The van der Waals surface area contributed by atoms with Crippen molar-refractivity contribution in [2.45, 2.75) is 74.8 Å². The molecule has 5 heterocycles. The zero-order chi connectivity index (χ0) is 31.0. The fourth-order valence-corrected chi connectivity index (χ4v) is 7.99. The minimum atomic E-state index is -4.93. The highest BCUT2D eigenvalue weighted by Gasteiger charge is 2.50. The lowest BCUT2D eigenvalue weighted by Crippen LogP contribution is -2.52. The van der Waals surface area contributed by atoms with Crippen LogP contribution in [0.2, 0.25) is 5.02 Å². The number of likely N-dealkylation sites (N-methyl/N-ethyl adjacent to an activating group) is 1. The van der Waals surface area contributed by atoms with E-state index < -0.39 is 51.1 Å². The third-order valence-corrected chi connectivity index (χ3v) is 10.2. The number of nitrogens with two attached hydrogens (primary N) is 1. The van der Waals surface area contributed by atoms with E-state index in [4.69, 9.17) is 31.8 Å². The number of benzene rings is 1. The van der Waals surface area contributed by atoms with E-state index in [2.05, 4.69) is 14.9 Å². The molecular formula is C30H32ClF5N6O2. The van der Waals surface area contributed by atoms with Gasteiger partial charge in [0.2, 0.25) is 5.88 Å². The van der Waals surface area contributed by atoms with Gasteiger partial charge in [-0.05, 0) is 44.4 Å². The Morgan fingerprint density at radius 3 is 2.64 bits per heavy atom. The zero-order valence-corrected chi connectivity index (χ0v) is 24.9. The molecule has 0 unspecified atom stereocenters. The van der Waals surface area contributed by atoms with Crippen LogP contribution < -0.4 is 20.1 Å². The number of hydrogen-bond acceptors (Lipinski definition) is 8. The molecule has 1 spiro atoms. The first-order valence-electron chi connectivity index (χ1n) is 14.9. The van der Waals surface area contributed by atoms with Gasteiger partial charge in [-0.2, -0.15) is 23.1 Å². The molecule has 3 fully saturated rings. The highest BCUT2D eigenvalue weighted by atomic mass is 35.5. The summed E-state index contributed by atoms with van der Waals surface area (Å²) in [5.41, 5.74) is 1.91. The number of hydrogen-bond donors (Lipinski definition) is 1. The third-order valence-electron chi connectivity index (χ3n) is 9.89. The standard InChI is InChI=1S/C30H32ClF5N6O2/c1-41-25-20-24(39-27(40-25)44-15-29-8-5-9-42(29)13-16(32)12-29)22(33)23(18-10-17(37)11-19(31)21(18)30(34,35)36)38-26(20)43-14-28(41)6-3-2-4-7-28/h10-11,16H,2-9,12-15,37H2,1H3/t16-,29+/m1/s1. The average Bonchev–Trinajstić information content (AvgIpc) is 3.46. The highest BCUT2D eigenvalue weighted by Crippen LogP contribution is 2.48. The summed E-state index contributed by atoms with van der Waals surface area (Å²) in [5.74, 6) is -0.892. The highest BCUT2D eigenvalue weighted by molar-refractivity contribution is 6.32. The zero-order valence-electron chi connectivity index (χ0n) is 24.1. The summed E-state index contributed by atoms with van der Waals surface area (Å²) in [4.78, 5) is 17.4. The van der Waals surface area contributed by atoms with Gasteiger partial charge in [-0.25, -0.2) is 13.8 Å². The summed E-state index contributed by atoms with van der Waals surface area (Å²) in [6.07, 6.45) is 0.525. The Labute approximate surface area is 255 Å². The van der Waals surface area contributed by atoms with Gasteiger partial charge in [0.25, 0.3) is 0 Å². The van der Waals surface area contributed by atoms with E-state index in [-0.39, 0.29) is 41.7 Å². The van der Waals surface area contributed by atoms with Crippen molar-refractivity contribution in [3.63, 3.8) is 0 Å². The summed E-state index contributed by atoms with van der Waals surface area (Å²) in [7, 11) is 1.85. The molecule has 44 heavy (non-hydrogen) atoms. The van der Waals surface area contributed by atoms with Crippen LogP contribution in [0, 0.1) is 5.82 Å². The predicted molar refractivity (Wildman–Crippen MR) is 155 cm³/mol. The molecular weight excluding hydrogens is 607 g/mol. The van der Waals surface area contributed by atoms with E-state index in [1.54, 1.807) is 0 Å². The van der Waals surface area contributed by atoms with Crippen LogP contribution in [-0.2, 0) is 6.18 Å². The monoisotopic (exact) mass is 638 g/mol. The smallest absolute Gasteiger partial charge is 0.418 e. The fourth-order valence-electron chi connectivity index (χ4n) is 7.66. The molecule has 14 heteroatoms. The normalized spacial score (nSPS) is 24.9. The molecule has 2 saturated heterocycles. The van der Waals surface area contributed by atoms with Gasteiger partial charge in [0.1, 0.15) is 41.8 Å². The Morgan fingerprint density at radius 2 is 1.89 bits per heavy atom. The molecule has 1 aromatic carbocycles. The quantitative estimate of drug-likeness (QED) is 0.254. The first-order valence-corrected chi connectivity index (χ1v) is 15.3. The predicted octanol–water partition coefficient (Wildman–Crippen LogP) is 6.57. The van der Waals surface area contributed by atoms with Gasteiger partial charge in [-0.15, -0.1) is 0 Å². The van der Waals surface area contributed by atoms with Crippen LogP contribution in [0.3, 0.4) is 0 Å². The minimum absolute atomic E-state index is 0.0875. The number of anilines is 2. The minimum Gasteiger partial charge on any atom is -0.475 e. The van der Waals surface area contributed by atoms with Crippen LogP contribution in [0.4, 0.5) is 33.5 Å². The molecule has 3 aliphatic heterocycles. The number of alkyl halides is 4. The summed E-state index contributed by atoms with van der Waals surface area (Å²) < 4.78 is 86.1. The molecule has 2 aromatic heterocycles. The Morgan fingerprint density at radius 1 is 1.11 bits per heavy atom. The topological polar surface area (TPSA) is 89.6 Å². The number of nitrogen functional groups attached to an aromatic ring is 1. The number of nitrogens with zero attached hydrogens (tertiary/aromatic N) is 5. The molecule has 4 aliphatic rings. The van der Waals surface area contributed by atoms with E-state index >= 15 is 4.39 Å². The largest absolute Gasteiger partial charge is 0.475 e. The van der Waals surface area contributed by atoms with Crippen LogP contribution in [0.15, 0.2) is 12.1 Å². The van der Waals surface area contributed by atoms with Crippen LogP contribution in [-0.4, -0.2) is 70.5 Å². The lowest BCUT2D eigenvalue weighted by atomic mass is 9.81. The molecule has 1 aliphatic carbocycles. The average molecular weight is 639 g/mol. The van der Waals surface area contributed by atoms with Crippen molar-refractivity contribution in [2.24, 2.45) is 0 Å². The summed E-state index contributed by atoms with van der Waals surface area (Å²) in [5, 5.41) is -0.547. The first-order chi connectivity index (χ1) is 20.9. The van der Waals surface area contributed by atoms with Crippen molar-refractivity contribution in [2.75, 3.05) is 44.0 Å². The van der Waals surface area contributed by atoms with Gasteiger partial charge < -0.3 is 20.1 Å². The van der Waals surface area contributed by atoms with Gasteiger partial charge in [0, 0.05) is 31.3 Å².